The van der Waals surface area contributed by atoms with Crippen molar-refractivity contribution in [2.24, 2.45) is 0 Å². The summed E-state index contributed by atoms with van der Waals surface area (Å²) < 4.78 is 5.66. The van der Waals surface area contributed by atoms with E-state index in [1.165, 1.54) is 24.3 Å². The topological polar surface area (TPSA) is 75.6 Å². The highest BCUT2D eigenvalue weighted by Crippen LogP contribution is 2.21. The monoisotopic (exact) mass is 333 g/mol. The summed E-state index contributed by atoms with van der Waals surface area (Å²) in [6, 6.07) is 12.6. The van der Waals surface area contributed by atoms with Crippen LogP contribution in [0.4, 0.5) is 5.69 Å². The Labute approximate surface area is 138 Å². The van der Waals surface area contributed by atoms with Gasteiger partial charge in [-0.05, 0) is 62.4 Å². The Balaban J connectivity index is 2.06. The highest BCUT2D eigenvalue weighted by atomic mass is 35.5. The molecule has 2 aromatic carbocycles. The van der Waals surface area contributed by atoms with Gasteiger partial charge in [0.1, 0.15) is 5.75 Å². The summed E-state index contributed by atoms with van der Waals surface area (Å²) in [7, 11) is 0. The summed E-state index contributed by atoms with van der Waals surface area (Å²) in [5.41, 5.74) is -0.372. The van der Waals surface area contributed by atoms with E-state index in [1.54, 1.807) is 38.1 Å². The molecule has 0 spiro atoms. The van der Waals surface area contributed by atoms with Gasteiger partial charge in [0.2, 0.25) is 0 Å². The fraction of sp³-hybridized carbons (Fsp3) is 0.176. The van der Waals surface area contributed by atoms with Crippen molar-refractivity contribution in [2.45, 2.75) is 19.4 Å². The lowest BCUT2D eigenvalue weighted by atomic mass is 10.1. The van der Waals surface area contributed by atoms with Crippen molar-refractivity contribution in [2.75, 3.05) is 5.32 Å². The standard InChI is InChI=1S/C17H16ClNO4/c1-17(2,16(22)19-13-7-5-12(18)6-8-13)23-14-9-3-11(4-10-14)15(20)21/h3-10H,1-2H3,(H,19,22)(H,20,21). The van der Waals surface area contributed by atoms with Crippen LogP contribution in [0.25, 0.3) is 0 Å². The number of hydrogen-bond donors (Lipinski definition) is 2. The average molecular weight is 334 g/mol. The normalized spacial score (nSPS) is 10.9. The second kappa shape index (κ2) is 6.71. The van der Waals surface area contributed by atoms with Crippen LogP contribution in [0.2, 0.25) is 5.02 Å². The molecule has 0 atom stereocenters. The van der Waals surface area contributed by atoms with Crippen LogP contribution < -0.4 is 10.1 Å². The molecule has 23 heavy (non-hydrogen) atoms. The maximum atomic E-state index is 12.3. The molecule has 0 saturated heterocycles. The van der Waals surface area contributed by atoms with Crippen LogP contribution >= 0.6 is 11.6 Å². The number of carbonyl (C=O) groups is 2. The van der Waals surface area contributed by atoms with Crippen LogP contribution in [0, 0.1) is 0 Å². The molecule has 0 bridgehead atoms. The first kappa shape index (κ1) is 16.8. The zero-order valence-electron chi connectivity index (χ0n) is 12.7. The van der Waals surface area contributed by atoms with Crippen molar-refractivity contribution in [3.8, 4) is 5.75 Å². The molecule has 120 valence electrons. The summed E-state index contributed by atoms with van der Waals surface area (Å²) in [5, 5.41) is 12.2. The highest BCUT2D eigenvalue weighted by Gasteiger charge is 2.30. The van der Waals surface area contributed by atoms with Gasteiger partial charge in [-0.3, -0.25) is 4.79 Å². The van der Waals surface area contributed by atoms with E-state index in [9.17, 15) is 9.59 Å². The van der Waals surface area contributed by atoms with Gasteiger partial charge in [-0.25, -0.2) is 4.79 Å². The molecular weight excluding hydrogens is 318 g/mol. The third-order valence-corrected chi connectivity index (χ3v) is 3.38. The molecule has 5 nitrogen and oxygen atoms in total. The molecule has 0 radical (unpaired) electrons. The average Bonchev–Trinajstić information content (AvgIpc) is 2.49. The van der Waals surface area contributed by atoms with Crippen molar-refractivity contribution in [3.05, 3.63) is 59.1 Å². The van der Waals surface area contributed by atoms with Gasteiger partial charge < -0.3 is 15.2 Å². The predicted molar refractivity (Wildman–Crippen MR) is 88.2 cm³/mol. The number of rotatable bonds is 5. The maximum Gasteiger partial charge on any atom is 0.335 e. The zero-order chi connectivity index (χ0) is 17.0. The fourth-order valence-corrected chi connectivity index (χ4v) is 1.95. The van der Waals surface area contributed by atoms with E-state index in [4.69, 9.17) is 21.4 Å². The number of aromatic carboxylic acids is 1. The smallest absolute Gasteiger partial charge is 0.335 e. The van der Waals surface area contributed by atoms with Crippen LogP contribution in [-0.2, 0) is 4.79 Å². The molecule has 0 aliphatic heterocycles. The van der Waals surface area contributed by atoms with Gasteiger partial charge >= 0.3 is 5.97 Å². The highest BCUT2D eigenvalue weighted by molar-refractivity contribution is 6.30. The zero-order valence-corrected chi connectivity index (χ0v) is 13.4. The van der Waals surface area contributed by atoms with Gasteiger partial charge in [0.25, 0.3) is 5.91 Å². The molecule has 2 aromatic rings. The number of benzene rings is 2. The fourth-order valence-electron chi connectivity index (χ4n) is 1.82. The molecule has 0 aromatic heterocycles. The number of ether oxygens (including phenoxy) is 1. The Kier molecular flexibility index (Phi) is 4.91. The lowest BCUT2D eigenvalue weighted by Gasteiger charge is -2.25. The first-order chi connectivity index (χ1) is 10.8. The van der Waals surface area contributed by atoms with E-state index in [0.717, 1.165) is 0 Å². The number of nitrogens with one attached hydrogen (secondary N) is 1. The van der Waals surface area contributed by atoms with Crippen LogP contribution in [0.15, 0.2) is 48.5 Å². The molecule has 1 amide bonds. The van der Waals surface area contributed by atoms with Gasteiger partial charge in [0.05, 0.1) is 5.56 Å². The van der Waals surface area contributed by atoms with Crippen molar-refractivity contribution in [1.29, 1.82) is 0 Å². The second-order valence-electron chi connectivity index (χ2n) is 5.40. The summed E-state index contributed by atoms with van der Waals surface area (Å²) in [4.78, 5) is 23.2. The Morgan fingerprint density at radius 2 is 1.61 bits per heavy atom. The molecule has 2 N–H and O–H groups in total. The molecule has 0 aliphatic rings. The lowest BCUT2D eigenvalue weighted by molar-refractivity contribution is -0.128. The van der Waals surface area contributed by atoms with Gasteiger partial charge in [-0.2, -0.15) is 0 Å². The molecule has 0 heterocycles. The van der Waals surface area contributed by atoms with Crippen LogP contribution in [0.1, 0.15) is 24.2 Å². The predicted octanol–water partition coefficient (Wildman–Crippen LogP) is 3.83. The van der Waals surface area contributed by atoms with E-state index in [1.807, 2.05) is 0 Å². The Morgan fingerprint density at radius 3 is 2.13 bits per heavy atom. The number of amides is 1. The van der Waals surface area contributed by atoms with Gasteiger partial charge in [0, 0.05) is 10.7 Å². The Morgan fingerprint density at radius 1 is 1.04 bits per heavy atom. The minimum absolute atomic E-state index is 0.153. The minimum atomic E-state index is -1.13. The quantitative estimate of drug-likeness (QED) is 0.871. The van der Waals surface area contributed by atoms with Gasteiger partial charge in [-0.15, -0.1) is 0 Å². The minimum Gasteiger partial charge on any atom is -0.478 e. The van der Waals surface area contributed by atoms with Gasteiger partial charge in [-0.1, -0.05) is 11.6 Å². The van der Waals surface area contributed by atoms with E-state index in [2.05, 4.69) is 5.32 Å². The number of hydrogen-bond acceptors (Lipinski definition) is 3. The number of carboxylic acids is 1. The Bertz CT molecular complexity index is 708. The lowest BCUT2D eigenvalue weighted by Crippen LogP contribution is -2.42. The van der Waals surface area contributed by atoms with Crippen LogP contribution in [0.5, 0.6) is 5.75 Å². The first-order valence-corrected chi connectivity index (χ1v) is 7.25. The SMILES string of the molecule is CC(C)(Oc1ccc(C(=O)O)cc1)C(=O)Nc1ccc(Cl)cc1. The molecule has 0 fully saturated rings. The number of carboxylic acid groups (broad SMARTS) is 1. The first-order valence-electron chi connectivity index (χ1n) is 6.87. The van der Waals surface area contributed by atoms with Crippen LogP contribution in [-0.4, -0.2) is 22.6 Å². The summed E-state index contributed by atoms with van der Waals surface area (Å²) in [6.07, 6.45) is 0. The molecule has 0 unspecified atom stereocenters. The van der Waals surface area contributed by atoms with Crippen molar-refractivity contribution < 1.29 is 19.4 Å². The van der Waals surface area contributed by atoms with E-state index in [0.29, 0.717) is 16.5 Å². The summed E-state index contributed by atoms with van der Waals surface area (Å²) in [6.45, 7) is 3.26. The molecular formula is C17H16ClNO4. The van der Waals surface area contributed by atoms with Crippen molar-refractivity contribution >= 4 is 29.2 Å². The molecule has 6 heteroatoms. The number of carbonyl (C=O) groups excluding carboxylic acids is 1. The third kappa shape index (κ3) is 4.47. The van der Waals surface area contributed by atoms with Crippen LogP contribution in [0.3, 0.4) is 0 Å². The van der Waals surface area contributed by atoms with Gasteiger partial charge in [0.15, 0.2) is 5.60 Å². The largest absolute Gasteiger partial charge is 0.478 e. The third-order valence-electron chi connectivity index (χ3n) is 3.12. The molecule has 2 rings (SSSR count). The summed E-state index contributed by atoms with van der Waals surface area (Å²) in [5.74, 6) is -0.940. The maximum absolute atomic E-state index is 12.3. The summed E-state index contributed by atoms with van der Waals surface area (Å²) >= 11 is 5.80. The number of halogens is 1. The number of anilines is 1. The van der Waals surface area contributed by atoms with Crippen molar-refractivity contribution in [1.82, 2.24) is 0 Å². The van der Waals surface area contributed by atoms with E-state index >= 15 is 0 Å². The molecule has 0 aliphatic carbocycles. The second-order valence-corrected chi connectivity index (χ2v) is 5.84. The van der Waals surface area contributed by atoms with Crippen molar-refractivity contribution in [3.63, 3.8) is 0 Å². The molecule has 0 saturated carbocycles. The van der Waals surface area contributed by atoms with E-state index in [-0.39, 0.29) is 11.5 Å². The van der Waals surface area contributed by atoms with E-state index < -0.39 is 11.6 Å². The Hall–Kier alpha value is -2.53.